The summed E-state index contributed by atoms with van der Waals surface area (Å²) in [7, 11) is 0. The maximum atomic E-state index is 12.5. The Bertz CT molecular complexity index is 577. The lowest BCUT2D eigenvalue weighted by atomic mass is 9.83. The van der Waals surface area contributed by atoms with Crippen molar-refractivity contribution in [1.29, 1.82) is 0 Å². The van der Waals surface area contributed by atoms with E-state index in [0.29, 0.717) is 31.9 Å². The number of likely N-dealkylation sites (tertiary alicyclic amines) is 1. The fourth-order valence-electron chi connectivity index (χ4n) is 3.61. The van der Waals surface area contributed by atoms with Gasteiger partial charge < -0.3 is 14.7 Å². The molecule has 3 atom stereocenters. The van der Waals surface area contributed by atoms with Gasteiger partial charge in [0.1, 0.15) is 0 Å². The van der Waals surface area contributed by atoms with Gasteiger partial charge in [0.15, 0.2) is 0 Å². The van der Waals surface area contributed by atoms with Crippen molar-refractivity contribution in [3.05, 3.63) is 35.4 Å². The number of nitrogens with zero attached hydrogens (tertiary/aromatic N) is 1. The monoisotopic (exact) mass is 317 g/mol. The molecule has 0 unspecified atom stereocenters. The van der Waals surface area contributed by atoms with Gasteiger partial charge in [-0.15, -0.1) is 0 Å². The van der Waals surface area contributed by atoms with E-state index >= 15 is 0 Å². The van der Waals surface area contributed by atoms with Crippen LogP contribution in [-0.4, -0.2) is 41.6 Å². The highest BCUT2D eigenvalue weighted by Gasteiger charge is 2.41. The number of carboxylic acid groups (broad SMARTS) is 1. The lowest BCUT2D eigenvalue weighted by Gasteiger charge is -2.41. The minimum Gasteiger partial charge on any atom is -0.481 e. The Balaban J connectivity index is 1.91. The molecule has 23 heavy (non-hydrogen) atoms. The lowest BCUT2D eigenvalue weighted by Crippen LogP contribution is -2.47. The lowest BCUT2D eigenvalue weighted by molar-refractivity contribution is -0.152. The van der Waals surface area contributed by atoms with E-state index in [1.165, 1.54) is 0 Å². The Morgan fingerprint density at radius 1 is 1.30 bits per heavy atom. The molecule has 0 bridgehead atoms. The Kier molecular flexibility index (Phi) is 4.66. The molecule has 1 N–H and O–H groups in total. The number of ether oxygens (including phenoxy) is 1. The summed E-state index contributed by atoms with van der Waals surface area (Å²) in [5.74, 6) is -1.01. The van der Waals surface area contributed by atoms with Gasteiger partial charge in [-0.2, -0.15) is 0 Å². The molecule has 0 spiro atoms. The molecule has 2 fully saturated rings. The number of aryl methyl sites for hydroxylation is 1. The number of rotatable bonds is 4. The Morgan fingerprint density at radius 3 is 2.65 bits per heavy atom. The second kappa shape index (κ2) is 6.71. The zero-order chi connectivity index (χ0) is 16.4. The molecule has 0 aliphatic carbocycles. The van der Waals surface area contributed by atoms with Crippen LogP contribution in [0.25, 0.3) is 0 Å². The van der Waals surface area contributed by atoms with Crippen LogP contribution < -0.4 is 0 Å². The van der Waals surface area contributed by atoms with Crippen LogP contribution in [0.1, 0.15) is 36.4 Å². The Morgan fingerprint density at radius 2 is 2.04 bits per heavy atom. The molecule has 2 aliphatic rings. The van der Waals surface area contributed by atoms with Crippen LogP contribution in [0.2, 0.25) is 0 Å². The number of carbonyl (C=O) groups is 2. The second-order valence-electron chi connectivity index (χ2n) is 6.61. The molecule has 5 heteroatoms. The summed E-state index contributed by atoms with van der Waals surface area (Å²) in [5.41, 5.74) is 2.04. The Hall–Kier alpha value is -1.88. The van der Waals surface area contributed by atoms with Gasteiger partial charge >= 0.3 is 5.97 Å². The molecule has 1 aromatic carbocycles. The minimum absolute atomic E-state index is 0.0555. The third kappa shape index (κ3) is 3.39. The van der Waals surface area contributed by atoms with E-state index in [-0.39, 0.29) is 11.9 Å². The summed E-state index contributed by atoms with van der Waals surface area (Å²) >= 11 is 0. The van der Waals surface area contributed by atoms with Gasteiger partial charge in [-0.25, -0.2) is 0 Å². The first kappa shape index (κ1) is 16.0. The molecule has 2 heterocycles. The normalized spacial score (nSPS) is 28.1. The van der Waals surface area contributed by atoms with Crippen LogP contribution in [0.4, 0.5) is 0 Å². The average molecular weight is 317 g/mol. The van der Waals surface area contributed by atoms with Crippen molar-refractivity contribution in [3.8, 4) is 0 Å². The van der Waals surface area contributed by atoms with Crippen molar-refractivity contribution in [2.45, 2.75) is 32.2 Å². The van der Waals surface area contributed by atoms with E-state index in [4.69, 9.17) is 4.74 Å². The first-order chi connectivity index (χ1) is 11.1. The molecular weight excluding hydrogens is 294 g/mol. The van der Waals surface area contributed by atoms with Crippen molar-refractivity contribution >= 4 is 11.9 Å². The van der Waals surface area contributed by atoms with Crippen molar-refractivity contribution in [1.82, 2.24) is 4.90 Å². The number of hydrogen-bond acceptors (Lipinski definition) is 3. The van der Waals surface area contributed by atoms with Crippen molar-refractivity contribution in [2.24, 2.45) is 11.8 Å². The Labute approximate surface area is 136 Å². The van der Waals surface area contributed by atoms with E-state index in [1.807, 2.05) is 31.2 Å². The number of hydrogen-bond donors (Lipinski definition) is 1. The first-order valence-corrected chi connectivity index (χ1v) is 8.23. The van der Waals surface area contributed by atoms with Crippen LogP contribution >= 0.6 is 0 Å². The van der Waals surface area contributed by atoms with Gasteiger partial charge in [0, 0.05) is 25.5 Å². The molecule has 124 valence electrons. The van der Waals surface area contributed by atoms with Crippen LogP contribution in [0.5, 0.6) is 0 Å². The van der Waals surface area contributed by atoms with Gasteiger partial charge in [0.25, 0.3) is 0 Å². The first-order valence-electron chi connectivity index (χ1n) is 8.23. The predicted molar refractivity (Wildman–Crippen MR) is 84.9 cm³/mol. The molecule has 5 nitrogen and oxygen atoms in total. The molecular formula is C18H23NO4. The van der Waals surface area contributed by atoms with Crippen molar-refractivity contribution in [2.75, 3.05) is 19.8 Å². The average Bonchev–Trinajstić information content (AvgIpc) is 3.03. The number of piperidine rings is 1. The fourth-order valence-corrected chi connectivity index (χ4v) is 3.61. The zero-order valence-corrected chi connectivity index (χ0v) is 13.4. The molecule has 0 radical (unpaired) electrons. The highest BCUT2D eigenvalue weighted by Crippen LogP contribution is 2.38. The van der Waals surface area contributed by atoms with Gasteiger partial charge in [0.2, 0.25) is 5.91 Å². The third-order valence-electron chi connectivity index (χ3n) is 4.92. The second-order valence-corrected chi connectivity index (χ2v) is 6.61. The minimum atomic E-state index is -0.823. The standard InChI is InChI=1S/C18H23NO4/c1-12-2-4-14(5-3-12)17-15(18(21)22)6-7-16(20)19(17)10-13-8-9-23-11-13/h2-5,13,15,17H,6-11H2,1H3,(H,21,22)/t13-,15-,17+/m0/s1. The largest absolute Gasteiger partial charge is 0.481 e. The van der Waals surface area contributed by atoms with Crippen LogP contribution in [-0.2, 0) is 14.3 Å². The quantitative estimate of drug-likeness (QED) is 0.926. The van der Waals surface area contributed by atoms with Crippen molar-refractivity contribution < 1.29 is 19.4 Å². The SMILES string of the molecule is Cc1ccc([C@@H]2[C@@H](C(=O)O)CCC(=O)N2C[C@@H]2CCOC2)cc1. The van der Waals surface area contributed by atoms with E-state index in [2.05, 4.69) is 0 Å². The van der Waals surface area contributed by atoms with E-state index in [1.54, 1.807) is 4.90 Å². The van der Waals surface area contributed by atoms with E-state index in [9.17, 15) is 14.7 Å². The highest BCUT2D eigenvalue weighted by atomic mass is 16.5. The smallest absolute Gasteiger partial charge is 0.308 e. The van der Waals surface area contributed by atoms with Crippen LogP contribution in [0, 0.1) is 18.8 Å². The van der Waals surface area contributed by atoms with Crippen LogP contribution in [0.15, 0.2) is 24.3 Å². The molecule has 3 rings (SSSR count). The van der Waals surface area contributed by atoms with Gasteiger partial charge in [-0.1, -0.05) is 29.8 Å². The van der Waals surface area contributed by atoms with Gasteiger partial charge in [0.05, 0.1) is 18.6 Å². The maximum absolute atomic E-state index is 12.5. The van der Waals surface area contributed by atoms with Gasteiger partial charge in [-0.3, -0.25) is 9.59 Å². The predicted octanol–water partition coefficient (Wildman–Crippen LogP) is 2.40. The number of carboxylic acids is 1. The molecule has 1 aromatic rings. The molecule has 1 amide bonds. The number of amides is 1. The summed E-state index contributed by atoms with van der Waals surface area (Å²) in [5, 5.41) is 9.63. The number of aliphatic carboxylic acids is 1. The molecule has 0 aromatic heterocycles. The summed E-state index contributed by atoms with van der Waals surface area (Å²) in [6.07, 6.45) is 1.65. The van der Waals surface area contributed by atoms with E-state index < -0.39 is 11.9 Å². The zero-order valence-electron chi connectivity index (χ0n) is 13.4. The summed E-state index contributed by atoms with van der Waals surface area (Å²) in [4.78, 5) is 26.0. The molecule has 2 aliphatic heterocycles. The van der Waals surface area contributed by atoms with Crippen molar-refractivity contribution in [3.63, 3.8) is 0 Å². The fraction of sp³-hybridized carbons (Fsp3) is 0.556. The van der Waals surface area contributed by atoms with E-state index in [0.717, 1.165) is 24.2 Å². The molecule has 2 saturated heterocycles. The summed E-state index contributed by atoms with van der Waals surface area (Å²) in [6, 6.07) is 7.48. The summed E-state index contributed by atoms with van der Waals surface area (Å²) < 4.78 is 5.41. The molecule has 0 saturated carbocycles. The number of carbonyl (C=O) groups excluding carboxylic acids is 1. The van der Waals surface area contributed by atoms with Crippen LogP contribution in [0.3, 0.4) is 0 Å². The number of benzene rings is 1. The topological polar surface area (TPSA) is 66.8 Å². The third-order valence-corrected chi connectivity index (χ3v) is 4.92. The summed E-state index contributed by atoms with van der Waals surface area (Å²) in [6.45, 7) is 3.96. The van der Waals surface area contributed by atoms with Gasteiger partial charge in [-0.05, 0) is 25.3 Å². The highest BCUT2D eigenvalue weighted by molar-refractivity contribution is 5.81. The maximum Gasteiger partial charge on any atom is 0.308 e.